The first-order valence-corrected chi connectivity index (χ1v) is 13.6. The van der Waals surface area contributed by atoms with E-state index in [1.165, 1.54) is 4.31 Å². The largest absolute Gasteiger partial charge is 0.324 e. The first-order valence-electron chi connectivity index (χ1n) is 10.2. The molecule has 1 N–H and O–H groups in total. The number of benzene rings is 2. The normalized spacial score (nSPS) is 21.5. The molecule has 2 aliphatic heterocycles. The molecule has 2 saturated heterocycles. The number of hydrogen-bond donors (Lipinski definition) is 1. The van der Waals surface area contributed by atoms with Gasteiger partial charge in [-0.1, -0.05) is 30.3 Å². The van der Waals surface area contributed by atoms with E-state index in [0.29, 0.717) is 37.4 Å². The lowest BCUT2D eigenvalue weighted by Crippen LogP contribution is -2.46. The summed E-state index contributed by atoms with van der Waals surface area (Å²) < 4.78 is 49.2. The predicted molar refractivity (Wildman–Crippen MR) is 120 cm³/mol. The van der Waals surface area contributed by atoms with Gasteiger partial charge in [-0.05, 0) is 36.2 Å². The fourth-order valence-electron chi connectivity index (χ4n) is 4.00. The number of sulfone groups is 1. The number of carbonyl (C=O) groups is 1. The van der Waals surface area contributed by atoms with Crippen molar-refractivity contribution < 1.29 is 21.6 Å². The molecule has 1 atom stereocenters. The van der Waals surface area contributed by atoms with E-state index in [4.69, 9.17) is 0 Å². The van der Waals surface area contributed by atoms with Gasteiger partial charge < -0.3 is 5.32 Å². The Morgan fingerprint density at radius 2 is 1.48 bits per heavy atom. The van der Waals surface area contributed by atoms with Gasteiger partial charge >= 0.3 is 0 Å². The molecule has 0 aliphatic carbocycles. The Labute approximate surface area is 182 Å². The van der Waals surface area contributed by atoms with E-state index >= 15 is 0 Å². The fourth-order valence-corrected chi connectivity index (χ4v) is 6.79. The summed E-state index contributed by atoms with van der Waals surface area (Å²) in [6.07, 6.45) is 0.602. The molecule has 4 rings (SSSR count). The molecule has 0 saturated carbocycles. The van der Waals surface area contributed by atoms with E-state index < -0.39 is 25.9 Å². The zero-order valence-corrected chi connectivity index (χ0v) is 18.6. The first-order chi connectivity index (χ1) is 14.8. The minimum Gasteiger partial charge on any atom is -0.324 e. The highest BCUT2D eigenvalue weighted by Crippen LogP contribution is 2.27. The van der Waals surface area contributed by atoms with Crippen molar-refractivity contribution in [2.24, 2.45) is 0 Å². The summed E-state index contributed by atoms with van der Waals surface area (Å²) in [4.78, 5) is 15.1. The van der Waals surface area contributed by atoms with Gasteiger partial charge in [-0.25, -0.2) is 16.8 Å². The third-order valence-corrected chi connectivity index (χ3v) is 9.11. The highest BCUT2D eigenvalue weighted by atomic mass is 32.2. The van der Waals surface area contributed by atoms with E-state index in [9.17, 15) is 21.6 Å². The second-order valence-electron chi connectivity index (χ2n) is 7.78. The van der Waals surface area contributed by atoms with Gasteiger partial charge in [-0.3, -0.25) is 14.0 Å². The molecule has 166 valence electrons. The Kier molecular flexibility index (Phi) is 6.05. The van der Waals surface area contributed by atoms with Crippen molar-refractivity contribution >= 4 is 37.1 Å². The van der Waals surface area contributed by atoms with Gasteiger partial charge in [0, 0.05) is 25.3 Å². The molecule has 2 fully saturated rings. The van der Waals surface area contributed by atoms with Crippen LogP contribution in [0.15, 0.2) is 54.6 Å². The number of rotatable bonds is 5. The Morgan fingerprint density at radius 1 is 0.839 bits per heavy atom. The number of nitrogens with one attached hydrogen (secondary N) is 1. The van der Waals surface area contributed by atoms with Crippen LogP contribution in [0, 0.1) is 0 Å². The highest BCUT2D eigenvalue weighted by molar-refractivity contribution is 7.93. The molecule has 0 aromatic heterocycles. The first kappa shape index (κ1) is 21.8. The molecule has 1 amide bonds. The summed E-state index contributed by atoms with van der Waals surface area (Å²) in [5.41, 5.74) is 1.92. The minimum absolute atomic E-state index is 0.0304. The van der Waals surface area contributed by atoms with Crippen molar-refractivity contribution in [2.75, 3.05) is 46.5 Å². The summed E-state index contributed by atoms with van der Waals surface area (Å²) >= 11 is 0. The summed E-state index contributed by atoms with van der Waals surface area (Å²) in [7, 11) is -6.32. The van der Waals surface area contributed by atoms with Crippen LogP contribution in [0.1, 0.15) is 18.0 Å². The molecule has 2 heterocycles. The van der Waals surface area contributed by atoms with Gasteiger partial charge in [0.2, 0.25) is 15.9 Å². The second kappa shape index (κ2) is 8.60. The maximum Gasteiger partial charge on any atom is 0.246 e. The summed E-state index contributed by atoms with van der Waals surface area (Å²) in [6.45, 7) is 1.05. The number of hydrogen-bond acceptors (Lipinski definition) is 6. The molecule has 2 aliphatic rings. The number of anilines is 2. The predicted octanol–water partition coefficient (Wildman–Crippen LogP) is 1.64. The summed E-state index contributed by atoms with van der Waals surface area (Å²) in [6, 6.07) is 15.4. The average Bonchev–Trinajstić information content (AvgIpc) is 3.10. The molecule has 10 heteroatoms. The summed E-state index contributed by atoms with van der Waals surface area (Å²) in [5, 5.41) is 2.90. The van der Waals surface area contributed by atoms with Crippen LogP contribution in [-0.4, -0.2) is 64.5 Å². The Bertz CT molecular complexity index is 1140. The third-order valence-electron chi connectivity index (χ3n) is 5.63. The van der Waals surface area contributed by atoms with Gasteiger partial charge in [0.1, 0.15) is 6.04 Å². The van der Waals surface area contributed by atoms with Crippen LogP contribution < -0.4 is 9.62 Å². The van der Waals surface area contributed by atoms with Crippen molar-refractivity contribution in [3.05, 3.63) is 60.2 Å². The van der Waals surface area contributed by atoms with E-state index in [0.717, 1.165) is 5.56 Å². The van der Waals surface area contributed by atoms with Gasteiger partial charge in [0.25, 0.3) is 0 Å². The molecule has 0 bridgehead atoms. The van der Waals surface area contributed by atoms with Crippen molar-refractivity contribution in [2.45, 2.75) is 12.5 Å². The van der Waals surface area contributed by atoms with Crippen LogP contribution in [0.3, 0.4) is 0 Å². The monoisotopic (exact) mass is 463 g/mol. The summed E-state index contributed by atoms with van der Waals surface area (Å²) in [5.74, 6) is -0.0480. The lowest BCUT2D eigenvalue weighted by molar-refractivity contribution is -0.121. The average molecular weight is 464 g/mol. The SMILES string of the molecule is O=C(Nc1ccc(N2CCCS2(=O)=O)cc1)C(c1ccccc1)N1CCS(=O)(=O)CC1. The Balaban J connectivity index is 1.52. The number of sulfonamides is 1. The molecule has 8 nitrogen and oxygen atoms in total. The van der Waals surface area contributed by atoms with E-state index in [1.54, 1.807) is 24.3 Å². The van der Waals surface area contributed by atoms with Crippen LogP contribution in [0.5, 0.6) is 0 Å². The smallest absolute Gasteiger partial charge is 0.246 e. The van der Waals surface area contributed by atoms with Crippen LogP contribution in [0.4, 0.5) is 11.4 Å². The molecule has 1 unspecified atom stereocenters. The minimum atomic E-state index is -3.26. The number of amides is 1. The third kappa shape index (κ3) is 4.91. The van der Waals surface area contributed by atoms with Crippen molar-refractivity contribution in [1.29, 1.82) is 0 Å². The van der Waals surface area contributed by atoms with Crippen molar-refractivity contribution in [1.82, 2.24) is 4.90 Å². The van der Waals surface area contributed by atoms with E-state index in [1.807, 2.05) is 35.2 Å². The second-order valence-corrected chi connectivity index (χ2v) is 12.1. The van der Waals surface area contributed by atoms with Crippen LogP contribution in [0.2, 0.25) is 0 Å². The van der Waals surface area contributed by atoms with Gasteiger partial charge in [-0.2, -0.15) is 0 Å². The Hall–Kier alpha value is -2.43. The van der Waals surface area contributed by atoms with Crippen LogP contribution >= 0.6 is 0 Å². The number of carbonyl (C=O) groups excluding carboxylic acids is 1. The van der Waals surface area contributed by atoms with Gasteiger partial charge in [0.05, 0.1) is 22.9 Å². The van der Waals surface area contributed by atoms with Gasteiger partial charge in [0.15, 0.2) is 9.84 Å². The Morgan fingerprint density at radius 3 is 2.06 bits per heavy atom. The molecule has 31 heavy (non-hydrogen) atoms. The van der Waals surface area contributed by atoms with Gasteiger partial charge in [-0.15, -0.1) is 0 Å². The van der Waals surface area contributed by atoms with E-state index in [-0.39, 0.29) is 23.2 Å². The van der Waals surface area contributed by atoms with Crippen molar-refractivity contribution in [3.8, 4) is 0 Å². The fraction of sp³-hybridized carbons (Fsp3) is 0.381. The quantitative estimate of drug-likeness (QED) is 0.723. The molecule has 0 spiro atoms. The molecular formula is C21H25N3O5S2. The highest BCUT2D eigenvalue weighted by Gasteiger charge is 2.33. The van der Waals surface area contributed by atoms with E-state index in [2.05, 4.69) is 5.32 Å². The zero-order chi connectivity index (χ0) is 22.1. The zero-order valence-electron chi connectivity index (χ0n) is 17.0. The van der Waals surface area contributed by atoms with Crippen LogP contribution in [-0.2, 0) is 24.7 Å². The lowest BCUT2D eigenvalue weighted by atomic mass is 10.0. The molecule has 2 aromatic carbocycles. The molecule has 0 radical (unpaired) electrons. The number of nitrogens with zero attached hydrogens (tertiary/aromatic N) is 2. The standard InChI is InChI=1S/C21H25N3O5S2/c25-21(22-18-7-9-19(10-8-18)24-11-4-14-31(24,28)29)20(17-5-2-1-3-6-17)23-12-15-30(26,27)16-13-23/h1-3,5-10,20H,4,11-16H2,(H,22,25). The topological polar surface area (TPSA) is 104 Å². The maximum atomic E-state index is 13.2. The molecule has 2 aromatic rings. The van der Waals surface area contributed by atoms with Crippen molar-refractivity contribution in [3.63, 3.8) is 0 Å². The lowest BCUT2D eigenvalue weighted by Gasteiger charge is -2.33. The van der Waals surface area contributed by atoms with Crippen LogP contribution in [0.25, 0.3) is 0 Å². The molecular weight excluding hydrogens is 438 g/mol. The maximum absolute atomic E-state index is 13.2.